The van der Waals surface area contributed by atoms with Crippen molar-refractivity contribution < 1.29 is 9.59 Å². The van der Waals surface area contributed by atoms with Crippen LogP contribution in [-0.4, -0.2) is 31.4 Å². The summed E-state index contributed by atoms with van der Waals surface area (Å²) in [7, 11) is 1.80. The molecular weight excluding hydrogens is 344 g/mol. The summed E-state index contributed by atoms with van der Waals surface area (Å²) in [5, 5.41) is 13.8. The minimum absolute atomic E-state index is 0.156. The topological polar surface area (TPSA) is 93.8 Å². The number of para-hydroxylation sites is 1. The average molecular weight is 364 g/mol. The predicted molar refractivity (Wildman–Crippen MR) is 103 cm³/mol. The fourth-order valence-corrected chi connectivity index (χ4v) is 2.43. The largest absolute Gasteiger partial charge is 0.321 e. The highest BCUT2D eigenvalue weighted by atomic mass is 16.2. The highest BCUT2D eigenvalue weighted by Crippen LogP contribution is 2.17. The SMILES string of the molecule is CCn1cc(NC(=O)/C=C/c2cnn(C)c2)c(C(=O)Nc2ccccc2)n1. The molecular formula is C19H20N6O2. The lowest BCUT2D eigenvalue weighted by Crippen LogP contribution is -2.17. The van der Waals surface area contributed by atoms with Crippen LogP contribution in [0.25, 0.3) is 6.08 Å². The summed E-state index contributed by atoms with van der Waals surface area (Å²) in [5.41, 5.74) is 1.97. The van der Waals surface area contributed by atoms with Gasteiger partial charge in [-0.2, -0.15) is 10.2 Å². The molecule has 3 rings (SSSR count). The van der Waals surface area contributed by atoms with Gasteiger partial charge < -0.3 is 10.6 Å². The molecule has 0 fully saturated rings. The van der Waals surface area contributed by atoms with Gasteiger partial charge in [0.05, 0.1) is 11.9 Å². The van der Waals surface area contributed by atoms with Crippen LogP contribution < -0.4 is 10.6 Å². The zero-order valence-electron chi connectivity index (χ0n) is 15.1. The number of amides is 2. The number of aryl methyl sites for hydroxylation is 2. The van der Waals surface area contributed by atoms with Gasteiger partial charge in [-0.05, 0) is 25.1 Å². The normalized spacial score (nSPS) is 10.9. The lowest BCUT2D eigenvalue weighted by Gasteiger charge is -2.05. The molecule has 0 atom stereocenters. The van der Waals surface area contributed by atoms with Gasteiger partial charge in [0.15, 0.2) is 5.69 Å². The average Bonchev–Trinajstić information content (AvgIpc) is 3.27. The van der Waals surface area contributed by atoms with Crippen molar-refractivity contribution in [3.05, 3.63) is 66.3 Å². The number of carbonyl (C=O) groups is 2. The van der Waals surface area contributed by atoms with E-state index in [4.69, 9.17) is 0 Å². The third-order valence-corrected chi connectivity index (χ3v) is 3.74. The molecule has 2 aromatic heterocycles. The van der Waals surface area contributed by atoms with Crippen LogP contribution in [0.4, 0.5) is 11.4 Å². The Morgan fingerprint density at radius 1 is 1.15 bits per heavy atom. The minimum Gasteiger partial charge on any atom is -0.321 e. The van der Waals surface area contributed by atoms with Crippen molar-refractivity contribution in [2.45, 2.75) is 13.5 Å². The van der Waals surface area contributed by atoms with Crippen LogP contribution in [0.5, 0.6) is 0 Å². The van der Waals surface area contributed by atoms with E-state index in [9.17, 15) is 9.59 Å². The zero-order chi connectivity index (χ0) is 19.2. The van der Waals surface area contributed by atoms with Gasteiger partial charge in [-0.25, -0.2) is 0 Å². The van der Waals surface area contributed by atoms with Crippen LogP contribution in [0, 0.1) is 0 Å². The summed E-state index contributed by atoms with van der Waals surface area (Å²) < 4.78 is 3.25. The van der Waals surface area contributed by atoms with Gasteiger partial charge in [-0.1, -0.05) is 18.2 Å². The fourth-order valence-electron chi connectivity index (χ4n) is 2.43. The molecule has 0 aliphatic carbocycles. The molecule has 0 radical (unpaired) electrons. The number of anilines is 2. The van der Waals surface area contributed by atoms with E-state index in [1.54, 1.807) is 53.2 Å². The first-order chi connectivity index (χ1) is 13.0. The Kier molecular flexibility index (Phi) is 5.46. The van der Waals surface area contributed by atoms with E-state index in [0.29, 0.717) is 17.9 Å². The molecule has 2 amide bonds. The maximum atomic E-state index is 12.6. The molecule has 0 aliphatic heterocycles. The Morgan fingerprint density at radius 2 is 1.93 bits per heavy atom. The van der Waals surface area contributed by atoms with Crippen LogP contribution in [0.3, 0.4) is 0 Å². The van der Waals surface area contributed by atoms with Crippen molar-refractivity contribution in [1.29, 1.82) is 0 Å². The lowest BCUT2D eigenvalue weighted by atomic mass is 10.3. The second-order valence-electron chi connectivity index (χ2n) is 5.84. The van der Waals surface area contributed by atoms with Crippen LogP contribution >= 0.6 is 0 Å². The van der Waals surface area contributed by atoms with E-state index in [-0.39, 0.29) is 17.5 Å². The molecule has 3 aromatic rings. The van der Waals surface area contributed by atoms with Crippen LogP contribution in [0.2, 0.25) is 0 Å². The Hall–Kier alpha value is -3.68. The number of aromatic nitrogens is 4. The number of rotatable bonds is 6. The van der Waals surface area contributed by atoms with Gasteiger partial charge in [-0.3, -0.25) is 19.0 Å². The van der Waals surface area contributed by atoms with Crippen molar-refractivity contribution in [2.75, 3.05) is 10.6 Å². The zero-order valence-corrected chi connectivity index (χ0v) is 15.1. The third kappa shape index (κ3) is 4.69. The molecule has 0 aliphatic rings. The Labute approximate surface area is 156 Å². The summed E-state index contributed by atoms with van der Waals surface area (Å²) >= 11 is 0. The van der Waals surface area contributed by atoms with E-state index in [1.165, 1.54) is 6.08 Å². The van der Waals surface area contributed by atoms with E-state index < -0.39 is 0 Å². The summed E-state index contributed by atoms with van der Waals surface area (Å²) in [4.78, 5) is 24.8. The standard InChI is InChI=1S/C19H20N6O2/c1-3-25-13-16(22-17(26)10-9-14-11-20-24(2)12-14)18(23-25)19(27)21-15-7-5-4-6-8-15/h4-13H,3H2,1-2H3,(H,21,27)(H,22,26)/b10-9+. The summed E-state index contributed by atoms with van der Waals surface area (Å²) in [6.45, 7) is 2.48. The first-order valence-corrected chi connectivity index (χ1v) is 8.46. The number of hydrogen-bond donors (Lipinski definition) is 2. The molecule has 0 unspecified atom stereocenters. The van der Waals surface area contributed by atoms with Gasteiger partial charge in [0, 0.05) is 43.3 Å². The number of nitrogens with one attached hydrogen (secondary N) is 2. The second kappa shape index (κ2) is 8.13. The highest BCUT2D eigenvalue weighted by molar-refractivity contribution is 6.10. The molecule has 0 bridgehead atoms. The molecule has 1 aromatic carbocycles. The van der Waals surface area contributed by atoms with E-state index >= 15 is 0 Å². The molecule has 2 heterocycles. The number of carbonyl (C=O) groups excluding carboxylic acids is 2. The maximum Gasteiger partial charge on any atom is 0.278 e. The summed E-state index contributed by atoms with van der Waals surface area (Å²) in [6.07, 6.45) is 8.11. The number of benzene rings is 1. The van der Waals surface area contributed by atoms with E-state index in [0.717, 1.165) is 5.56 Å². The first-order valence-electron chi connectivity index (χ1n) is 8.46. The summed E-state index contributed by atoms with van der Waals surface area (Å²) in [6, 6.07) is 9.08. The second-order valence-corrected chi connectivity index (χ2v) is 5.84. The monoisotopic (exact) mass is 364 g/mol. The van der Waals surface area contributed by atoms with Crippen molar-refractivity contribution in [1.82, 2.24) is 19.6 Å². The smallest absolute Gasteiger partial charge is 0.278 e. The number of nitrogens with zero attached hydrogens (tertiary/aromatic N) is 4. The fraction of sp³-hybridized carbons (Fsp3) is 0.158. The van der Waals surface area contributed by atoms with Gasteiger partial charge in [-0.15, -0.1) is 0 Å². The third-order valence-electron chi connectivity index (χ3n) is 3.74. The van der Waals surface area contributed by atoms with Gasteiger partial charge in [0.25, 0.3) is 5.91 Å². The molecule has 0 saturated carbocycles. The highest BCUT2D eigenvalue weighted by Gasteiger charge is 2.18. The summed E-state index contributed by atoms with van der Waals surface area (Å²) in [5.74, 6) is -0.747. The van der Waals surface area contributed by atoms with Gasteiger partial charge in [0.1, 0.15) is 0 Å². The number of hydrogen-bond acceptors (Lipinski definition) is 4. The Morgan fingerprint density at radius 3 is 2.59 bits per heavy atom. The molecule has 27 heavy (non-hydrogen) atoms. The molecule has 8 heteroatoms. The van der Waals surface area contributed by atoms with Gasteiger partial charge >= 0.3 is 0 Å². The van der Waals surface area contributed by atoms with Gasteiger partial charge in [0.2, 0.25) is 5.91 Å². The van der Waals surface area contributed by atoms with Crippen molar-refractivity contribution in [2.24, 2.45) is 7.05 Å². The predicted octanol–water partition coefficient (Wildman–Crippen LogP) is 2.54. The molecule has 0 saturated heterocycles. The molecule has 2 N–H and O–H groups in total. The van der Waals surface area contributed by atoms with Crippen LogP contribution in [0.15, 0.2) is 55.0 Å². The minimum atomic E-state index is -0.389. The van der Waals surface area contributed by atoms with E-state index in [2.05, 4.69) is 20.8 Å². The van der Waals surface area contributed by atoms with Crippen LogP contribution in [0.1, 0.15) is 23.0 Å². The lowest BCUT2D eigenvalue weighted by molar-refractivity contribution is -0.111. The Balaban J connectivity index is 1.74. The molecule has 138 valence electrons. The molecule has 0 spiro atoms. The quantitative estimate of drug-likeness (QED) is 0.657. The van der Waals surface area contributed by atoms with Crippen molar-refractivity contribution in [3.8, 4) is 0 Å². The van der Waals surface area contributed by atoms with Crippen LogP contribution in [-0.2, 0) is 18.4 Å². The Bertz CT molecular complexity index is 971. The van der Waals surface area contributed by atoms with Crippen molar-refractivity contribution in [3.63, 3.8) is 0 Å². The molecule has 8 nitrogen and oxygen atoms in total. The van der Waals surface area contributed by atoms with Crippen molar-refractivity contribution >= 4 is 29.3 Å². The van der Waals surface area contributed by atoms with E-state index in [1.807, 2.05) is 25.1 Å². The maximum absolute atomic E-state index is 12.6. The first kappa shape index (κ1) is 18.1.